The number of carbonyl (C=O) groups excluding carboxylic acids is 2. The van der Waals surface area contributed by atoms with Crippen LogP contribution in [0.1, 0.15) is 33.6 Å². The summed E-state index contributed by atoms with van der Waals surface area (Å²) in [6.07, 6.45) is 5.58. The van der Waals surface area contributed by atoms with Gasteiger partial charge in [0, 0.05) is 38.4 Å². The maximum absolute atomic E-state index is 13.6. The first-order valence-corrected chi connectivity index (χ1v) is 14.2. The lowest BCUT2D eigenvalue weighted by Gasteiger charge is -2.36. The van der Waals surface area contributed by atoms with Gasteiger partial charge >= 0.3 is 0 Å². The molecule has 1 atom stereocenters. The van der Waals surface area contributed by atoms with Gasteiger partial charge in [-0.05, 0) is 48.2 Å². The van der Waals surface area contributed by atoms with E-state index < -0.39 is 32.9 Å². The number of nitrogens with zero attached hydrogens (tertiary/aromatic N) is 4. The Morgan fingerprint density at radius 2 is 2.13 bits per heavy atom. The molecule has 0 radical (unpaired) electrons. The molecule has 1 aliphatic heterocycles. The molecule has 3 heterocycles. The number of anilines is 1. The van der Waals surface area contributed by atoms with E-state index >= 15 is 0 Å². The molecule has 0 bridgehead atoms. The van der Waals surface area contributed by atoms with Crippen molar-refractivity contribution in [1.29, 1.82) is 0 Å². The summed E-state index contributed by atoms with van der Waals surface area (Å²) in [5, 5.41) is 10.5. The second-order valence-electron chi connectivity index (χ2n) is 9.62. The van der Waals surface area contributed by atoms with Crippen LogP contribution < -0.4 is 15.4 Å². The molecule has 204 valence electrons. The molecule has 1 unspecified atom stereocenters. The number of nitrogens with one attached hydrogen (secondary N) is 2. The van der Waals surface area contributed by atoms with Crippen LogP contribution in [0.4, 0.5) is 5.69 Å². The van der Waals surface area contributed by atoms with E-state index in [1.807, 2.05) is 18.2 Å². The van der Waals surface area contributed by atoms with Gasteiger partial charge in [-0.2, -0.15) is 5.10 Å². The third-order valence-electron chi connectivity index (χ3n) is 6.66. The topological polar surface area (TPSA) is 154 Å². The van der Waals surface area contributed by atoms with Crippen molar-refractivity contribution in [3.05, 3.63) is 58.9 Å². The number of hydrogen-bond donors (Lipinski definition) is 2. The molecular weight excluding hydrogens is 524 g/mol. The molecule has 0 saturated carbocycles. The molecule has 13 heteroatoms. The number of ether oxygens (including phenoxy) is 2. The number of amides is 2. The van der Waals surface area contributed by atoms with E-state index in [2.05, 4.69) is 20.6 Å². The highest BCUT2D eigenvalue weighted by atomic mass is 32.2. The van der Waals surface area contributed by atoms with Crippen molar-refractivity contribution in [2.75, 3.05) is 38.3 Å². The van der Waals surface area contributed by atoms with E-state index in [1.54, 1.807) is 43.4 Å². The Bertz CT molecular complexity index is 1580. The maximum atomic E-state index is 13.6. The normalized spacial score (nSPS) is 18.2. The van der Waals surface area contributed by atoms with E-state index in [0.29, 0.717) is 24.4 Å². The van der Waals surface area contributed by atoms with Crippen molar-refractivity contribution in [3.8, 4) is 17.1 Å². The zero-order valence-corrected chi connectivity index (χ0v) is 22.5. The summed E-state index contributed by atoms with van der Waals surface area (Å²) >= 11 is 0. The first-order valence-electron chi connectivity index (χ1n) is 12.2. The van der Waals surface area contributed by atoms with Gasteiger partial charge in [-0.1, -0.05) is 6.07 Å². The molecule has 1 spiro atoms. The first kappa shape index (κ1) is 26.5. The Hall–Kier alpha value is -4.10. The number of sulfone groups is 1. The fraction of sp³-hybridized carbons (Fsp3) is 0.346. The smallest absolute Gasteiger partial charge is 0.272 e. The number of carbonyl (C=O) groups is 2. The molecule has 3 aromatic rings. The molecule has 1 aliphatic carbocycles. The predicted octanol–water partition coefficient (Wildman–Crippen LogP) is 1.54. The Morgan fingerprint density at radius 1 is 1.31 bits per heavy atom. The van der Waals surface area contributed by atoms with Crippen LogP contribution in [0.3, 0.4) is 0 Å². The summed E-state index contributed by atoms with van der Waals surface area (Å²) in [5.74, 6) is -1.26. The molecule has 2 aliphatic rings. The molecule has 2 aromatic heterocycles. The molecular formula is C26H28N6O6S. The summed E-state index contributed by atoms with van der Waals surface area (Å²) in [6.45, 7) is 0.447. The Balaban J connectivity index is 1.55. The van der Waals surface area contributed by atoms with Crippen LogP contribution in [-0.4, -0.2) is 74.2 Å². The van der Waals surface area contributed by atoms with Crippen molar-refractivity contribution >= 4 is 33.6 Å². The highest BCUT2D eigenvalue weighted by molar-refractivity contribution is 7.91. The van der Waals surface area contributed by atoms with Crippen molar-refractivity contribution in [3.63, 3.8) is 0 Å². The van der Waals surface area contributed by atoms with Crippen LogP contribution in [0.5, 0.6) is 5.75 Å². The molecule has 2 amide bonds. The monoisotopic (exact) mass is 552 g/mol. The van der Waals surface area contributed by atoms with Crippen LogP contribution in [0.15, 0.2) is 41.5 Å². The number of pyridine rings is 1. The molecule has 12 nitrogen and oxygen atoms in total. The van der Waals surface area contributed by atoms with Crippen molar-refractivity contribution in [1.82, 2.24) is 20.1 Å². The number of aliphatic imine (C=N–C) groups is 1. The molecule has 0 fully saturated rings. The highest BCUT2D eigenvalue weighted by Gasteiger charge is 2.46. The molecule has 1 aromatic carbocycles. The molecule has 2 N–H and O–H groups in total. The van der Waals surface area contributed by atoms with Gasteiger partial charge in [0.25, 0.3) is 5.91 Å². The summed E-state index contributed by atoms with van der Waals surface area (Å²) in [5.41, 5.74) is 3.00. The molecule has 5 rings (SSSR count). The lowest BCUT2D eigenvalue weighted by Crippen LogP contribution is -2.52. The van der Waals surface area contributed by atoms with Gasteiger partial charge in [-0.25, -0.2) is 8.42 Å². The summed E-state index contributed by atoms with van der Waals surface area (Å²) in [4.78, 5) is 34.7. The predicted molar refractivity (Wildman–Crippen MR) is 144 cm³/mol. The SMILES string of the molecule is C/N=C/c1ccc(-c2nn3c(c2NC(=O)CS(C)(=O)=O)C(=O)NC2(CCc4cc(OCOC)ccc42)C3)nc1. The average Bonchev–Trinajstić information content (AvgIpc) is 3.40. The van der Waals surface area contributed by atoms with Crippen LogP contribution in [0, 0.1) is 0 Å². The zero-order valence-electron chi connectivity index (χ0n) is 21.7. The third-order valence-corrected chi connectivity index (χ3v) is 7.45. The van der Waals surface area contributed by atoms with Crippen molar-refractivity contribution in [2.24, 2.45) is 4.99 Å². The number of benzene rings is 1. The van der Waals surface area contributed by atoms with Gasteiger partial charge in [0.05, 0.1) is 17.8 Å². The minimum Gasteiger partial charge on any atom is -0.468 e. The number of methoxy groups -OCH3 is 1. The largest absolute Gasteiger partial charge is 0.468 e. The minimum absolute atomic E-state index is 0.113. The number of hydrogen-bond acceptors (Lipinski definition) is 9. The Morgan fingerprint density at radius 3 is 2.82 bits per heavy atom. The second-order valence-corrected chi connectivity index (χ2v) is 11.8. The fourth-order valence-electron chi connectivity index (χ4n) is 5.10. The lowest BCUT2D eigenvalue weighted by atomic mass is 9.89. The average molecular weight is 553 g/mol. The Kier molecular flexibility index (Phi) is 6.95. The number of fused-ring (bicyclic) bond motifs is 3. The number of aromatic nitrogens is 3. The van der Waals surface area contributed by atoms with Crippen LogP contribution in [-0.2, 0) is 37.9 Å². The van der Waals surface area contributed by atoms with Gasteiger partial charge < -0.3 is 20.1 Å². The number of rotatable bonds is 8. The van der Waals surface area contributed by atoms with E-state index in [-0.39, 0.29) is 23.9 Å². The van der Waals surface area contributed by atoms with Crippen LogP contribution in [0.2, 0.25) is 0 Å². The van der Waals surface area contributed by atoms with E-state index in [0.717, 1.165) is 29.4 Å². The first-order chi connectivity index (χ1) is 18.6. The van der Waals surface area contributed by atoms with Gasteiger partial charge in [-0.15, -0.1) is 0 Å². The second kappa shape index (κ2) is 10.2. The maximum Gasteiger partial charge on any atom is 0.272 e. The van der Waals surface area contributed by atoms with Gasteiger partial charge in [0.1, 0.15) is 22.9 Å². The Labute approximate surface area is 225 Å². The lowest BCUT2D eigenvalue weighted by molar-refractivity contribution is -0.113. The zero-order chi connectivity index (χ0) is 27.8. The van der Waals surface area contributed by atoms with Gasteiger partial charge in [-0.3, -0.25) is 24.2 Å². The van der Waals surface area contributed by atoms with E-state index in [1.165, 1.54) is 0 Å². The summed E-state index contributed by atoms with van der Waals surface area (Å²) < 4.78 is 35.6. The van der Waals surface area contributed by atoms with Crippen molar-refractivity contribution < 1.29 is 27.5 Å². The van der Waals surface area contributed by atoms with Gasteiger partial charge in [0.15, 0.2) is 22.3 Å². The summed E-state index contributed by atoms with van der Waals surface area (Å²) in [6, 6.07) is 9.21. The molecule has 0 saturated heterocycles. The van der Waals surface area contributed by atoms with Crippen LogP contribution >= 0.6 is 0 Å². The third kappa shape index (κ3) is 5.27. The number of aryl methyl sites for hydroxylation is 1. The van der Waals surface area contributed by atoms with Gasteiger partial charge in [0.2, 0.25) is 5.91 Å². The van der Waals surface area contributed by atoms with E-state index in [4.69, 9.17) is 14.6 Å². The highest BCUT2D eigenvalue weighted by Crippen LogP contribution is 2.43. The van der Waals surface area contributed by atoms with E-state index in [9.17, 15) is 18.0 Å². The quantitative estimate of drug-likeness (QED) is 0.315. The van der Waals surface area contributed by atoms with Crippen LogP contribution in [0.25, 0.3) is 11.4 Å². The van der Waals surface area contributed by atoms with Crippen molar-refractivity contribution in [2.45, 2.75) is 24.9 Å². The standard InChI is InChI=1S/C26H28N6O6S/c1-27-11-16-4-7-20(28-12-16)22-23(29-21(33)13-39(3,35)36)24-25(34)30-26(14-32(24)31-22)9-8-17-10-18(38-15-37-2)5-6-19(17)26/h4-7,10-12H,8-9,13-15H2,1-3H3,(H,29,33)(H,30,34)/b27-11+. The minimum atomic E-state index is -3.60. The fourth-order valence-corrected chi connectivity index (χ4v) is 5.65. The summed E-state index contributed by atoms with van der Waals surface area (Å²) in [7, 11) is -0.399. The molecule has 39 heavy (non-hydrogen) atoms.